The summed E-state index contributed by atoms with van der Waals surface area (Å²) in [5, 5.41) is 11.9. The van der Waals surface area contributed by atoms with E-state index in [1.165, 1.54) is 24.3 Å². The molecule has 0 atom stereocenters. The van der Waals surface area contributed by atoms with Crippen molar-refractivity contribution in [2.24, 2.45) is 0 Å². The SMILES string of the molecule is [2H]c1c(Cl)cc(Cl)cc1Oc1ccc(C#N)cc1S(=O)(=O)N1CCNC(=O)C1. The molecular formula is C17H13Cl2N3O4S. The van der Waals surface area contributed by atoms with Gasteiger partial charge in [-0.3, -0.25) is 4.79 Å². The first kappa shape index (κ1) is 18.1. The molecule has 140 valence electrons. The van der Waals surface area contributed by atoms with Crippen molar-refractivity contribution in [1.29, 1.82) is 5.26 Å². The first-order chi connectivity index (χ1) is 13.2. The Morgan fingerprint density at radius 3 is 2.74 bits per heavy atom. The Bertz CT molecular complexity index is 1100. The average molecular weight is 427 g/mol. The van der Waals surface area contributed by atoms with Crippen LogP contribution in [0.2, 0.25) is 10.0 Å². The maximum absolute atomic E-state index is 13.1. The minimum Gasteiger partial charge on any atom is -0.456 e. The van der Waals surface area contributed by atoms with Crippen molar-refractivity contribution in [2.75, 3.05) is 19.6 Å². The van der Waals surface area contributed by atoms with Crippen molar-refractivity contribution in [2.45, 2.75) is 4.90 Å². The monoisotopic (exact) mass is 426 g/mol. The summed E-state index contributed by atoms with van der Waals surface area (Å²) in [7, 11) is -4.14. The standard InChI is InChI=1S/C17H13Cl2N3O4S/c18-12-6-13(19)8-14(7-12)26-15-2-1-11(9-20)5-16(15)27(24,25)22-4-3-21-17(23)10-22/h1-2,5-8H,3-4,10H2,(H,21,23)/i7D. The zero-order chi connectivity index (χ0) is 20.5. The lowest BCUT2D eigenvalue weighted by atomic mass is 10.2. The Kier molecular flexibility index (Phi) is 5.18. The number of benzene rings is 2. The number of nitrogens with zero attached hydrogens (tertiary/aromatic N) is 2. The van der Waals surface area contributed by atoms with Gasteiger partial charge in [0.25, 0.3) is 0 Å². The van der Waals surface area contributed by atoms with Gasteiger partial charge >= 0.3 is 0 Å². The molecule has 1 fully saturated rings. The molecule has 0 spiro atoms. The maximum atomic E-state index is 13.1. The second-order valence-corrected chi connectivity index (χ2v) is 8.32. The molecule has 0 aliphatic carbocycles. The van der Waals surface area contributed by atoms with E-state index in [2.05, 4.69) is 5.32 Å². The molecule has 1 aliphatic heterocycles. The van der Waals surface area contributed by atoms with Crippen LogP contribution in [-0.4, -0.2) is 38.3 Å². The molecule has 1 aliphatic rings. The molecular weight excluding hydrogens is 413 g/mol. The number of sulfonamides is 1. The molecule has 7 nitrogen and oxygen atoms in total. The van der Waals surface area contributed by atoms with Gasteiger partial charge in [0.2, 0.25) is 15.9 Å². The molecule has 3 rings (SSSR count). The molecule has 2 aromatic rings. The quantitative estimate of drug-likeness (QED) is 0.809. The highest BCUT2D eigenvalue weighted by Crippen LogP contribution is 2.34. The van der Waals surface area contributed by atoms with E-state index in [1.807, 2.05) is 6.07 Å². The number of carbonyl (C=O) groups is 1. The third-order valence-electron chi connectivity index (χ3n) is 3.69. The predicted molar refractivity (Wildman–Crippen MR) is 99.5 cm³/mol. The number of hydrogen-bond donors (Lipinski definition) is 1. The van der Waals surface area contributed by atoms with E-state index in [0.717, 1.165) is 10.4 Å². The maximum Gasteiger partial charge on any atom is 0.247 e. The Morgan fingerprint density at radius 1 is 1.26 bits per heavy atom. The summed E-state index contributed by atoms with van der Waals surface area (Å²) >= 11 is 11.9. The van der Waals surface area contributed by atoms with Crippen LogP contribution in [0.3, 0.4) is 0 Å². The lowest BCUT2D eigenvalue weighted by Crippen LogP contribution is -2.49. The number of carbonyl (C=O) groups excluding carboxylic acids is 1. The third kappa shape index (κ3) is 4.34. The fourth-order valence-corrected chi connectivity index (χ4v) is 4.49. The van der Waals surface area contributed by atoms with Crippen LogP contribution >= 0.6 is 23.2 Å². The second kappa shape index (κ2) is 7.74. The van der Waals surface area contributed by atoms with Crippen LogP contribution < -0.4 is 10.1 Å². The number of piperazine rings is 1. The van der Waals surface area contributed by atoms with Gasteiger partial charge in [0, 0.05) is 23.1 Å². The molecule has 0 bridgehead atoms. The summed E-state index contributed by atoms with van der Waals surface area (Å²) in [6.07, 6.45) is 0. The van der Waals surface area contributed by atoms with Crippen molar-refractivity contribution in [3.8, 4) is 17.6 Å². The Morgan fingerprint density at radius 2 is 2.04 bits per heavy atom. The van der Waals surface area contributed by atoms with Gasteiger partial charge in [-0.15, -0.1) is 0 Å². The molecule has 0 radical (unpaired) electrons. The first-order valence-electron chi connectivity index (χ1n) is 8.17. The molecule has 2 aromatic carbocycles. The van der Waals surface area contributed by atoms with Crippen LogP contribution in [0.25, 0.3) is 0 Å². The normalized spacial score (nSPS) is 15.6. The summed E-state index contributed by atoms with van der Waals surface area (Å²) in [6, 6.07) is 8.25. The number of rotatable bonds is 4. The van der Waals surface area contributed by atoms with E-state index in [-0.39, 0.29) is 57.7 Å². The average Bonchev–Trinajstić information content (AvgIpc) is 2.66. The molecule has 0 saturated carbocycles. The molecule has 0 aromatic heterocycles. The van der Waals surface area contributed by atoms with Crippen molar-refractivity contribution in [1.82, 2.24) is 9.62 Å². The summed E-state index contributed by atoms with van der Waals surface area (Å²) in [5.41, 5.74) is 0.0996. The topological polar surface area (TPSA) is 99.5 Å². The van der Waals surface area contributed by atoms with E-state index < -0.39 is 15.9 Å². The summed E-state index contributed by atoms with van der Waals surface area (Å²) in [4.78, 5) is 11.3. The van der Waals surface area contributed by atoms with Crippen LogP contribution in [0.15, 0.2) is 41.3 Å². The van der Waals surface area contributed by atoms with Crippen molar-refractivity contribution in [3.63, 3.8) is 0 Å². The van der Waals surface area contributed by atoms with Gasteiger partial charge in [-0.2, -0.15) is 9.57 Å². The highest BCUT2D eigenvalue weighted by Gasteiger charge is 2.32. The number of halogens is 2. The van der Waals surface area contributed by atoms with Crippen LogP contribution in [-0.2, 0) is 14.8 Å². The van der Waals surface area contributed by atoms with Gasteiger partial charge in [0.1, 0.15) is 16.4 Å². The molecule has 1 N–H and O–H groups in total. The lowest BCUT2D eigenvalue weighted by molar-refractivity contribution is -0.122. The molecule has 10 heteroatoms. The molecule has 1 heterocycles. The lowest BCUT2D eigenvalue weighted by Gasteiger charge is -2.26. The van der Waals surface area contributed by atoms with E-state index in [1.54, 1.807) is 0 Å². The van der Waals surface area contributed by atoms with Crippen molar-refractivity contribution >= 4 is 39.1 Å². The molecule has 0 unspecified atom stereocenters. The van der Waals surface area contributed by atoms with Gasteiger partial charge in [-0.1, -0.05) is 23.2 Å². The van der Waals surface area contributed by atoms with Gasteiger partial charge in [0.05, 0.1) is 19.5 Å². The van der Waals surface area contributed by atoms with Crippen molar-refractivity contribution < 1.29 is 19.3 Å². The number of ether oxygens (including phenoxy) is 1. The van der Waals surface area contributed by atoms with Crippen LogP contribution in [0.1, 0.15) is 6.93 Å². The molecule has 1 saturated heterocycles. The fourth-order valence-electron chi connectivity index (χ4n) is 2.47. The van der Waals surface area contributed by atoms with Gasteiger partial charge < -0.3 is 10.1 Å². The number of hydrogen-bond acceptors (Lipinski definition) is 5. The number of nitriles is 1. The molecule has 1 amide bonds. The minimum atomic E-state index is -4.14. The van der Waals surface area contributed by atoms with Gasteiger partial charge in [-0.05, 0) is 36.4 Å². The fraction of sp³-hybridized carbons (Fsp3) is 0.176. The zero-order valence-electron chi connectivity index (χ0n) is 14.7. The van der Waals surface area contributed by atoms with Gasteiger partial charge in [0.15, 0.2) is 0 Å². The van der Waals surface area contributed by atoms with Gasteiger partial charge in [-0.25, -0.2) is 8.42 Å². The predicted octanol–water partition coefficient (Wildman–Crippen LogP) is 2.78. The minimum absolute atomic E-state index is 0.0354. The zero-order valence-corrected chi connectivity index (χ0v) is 16.0. The summed E-state index contributed by atoms with van der Waals surface area (Å²) in [6.45, 7) is -0.0881. The second-order valence-electron chi connectivity index (χ2n) is 5.57. The Balaban J connectivity index is 2.09. The first-order valence-corrected chi connectivity index (χ1v) is 9.86. The number of nitrogens with one attached hydrogen (secondary N) is 1. The van der Waals surface area contributed by atoms with Crippen LogP contribution in [0.5, 0.6) is 11.5 Å². The van der Waals surface area contributed by atoms with Crippen LogP contribution in [0, 0.1) is 11.3 Å². The van der Waals surface area contributed by atoms with E-state index >= 15 is 0 Å². The van der Waals surface area contributed by atoms with Crippen molar-refractivity contribution in [3.05, 3.63) is 52.0 Å². The highest BCUT2D eigenvalue weighted by atomic mass is 35.5. The Hall–Kier alpha value is -2.31. The summed E-state index contributed by atoms with van der Waals surface area (Å²) < 4.78 is 40.8. The summed E-state index contributed by atoms with van der Waals surface area (Å²) in [5.74, 6) is -0.587. The van der Waals surface area contributed by atoms with E-state index in [4.69, 9.17) is 34.6 Å². The Labute approximate surface area is 167 Å². The molecule has 27 heavy (non-hydrogen) atoms. The third-order valence-corrected chi connectivity index (χ3v) is 5.98. The number of amides is 1. The van der Waals surface area contributed by atoms with E-state index in [9.17, 15) is 13.2 Å². The largest absolute Gasteiger partial charge is 0.456 e. The van der Waals surface area contributed by atoms with E-state index in [0.29, 0.717) is 0 Å². The van der Waals surface area contributed by atoms with Crippen LogP contribution in [0.4, 0.5) is 0 Å². The smallest absolute Gasteiger partial charge is 0.247 e. The highest BCUT2D eigenvalue weighted by molar-refractivity contribution is 7.89.